The van der Waals surface area contributed by atoms with Crippen LogP contribution in [-0.4, -0.2) is 18.1 Å². The summed E-state index contributed by atoms with van der Waals surface area (Å²) in [6.45, 7) is 2.21. The Labute approximate surface area is 93.7 Å². The minimum Gasteiger partial charge on any atom is -0.372 e. The molecule has 0 atom stereocenters. The number of nitrogens with zero attached hydrogens (tertiary/aromatic N) is 1. The Morgan fingerprint density at radius 2 is 1.94 bits per heavy atom. The molecule has 0 spiro atoms. The van der Waals surface area contributed by atoms with Gasteiger partial charge in [-0.3, -0.25) is 4.79 Å². The third-order valence-corrected chi connectivity index (χ3v) is 3.21. The summed E-state index contributed by atoms with van der Waals surface area (Å²) in [5.41, 5.74) is 2.17. The molecule has 1 aliphatic rings. The smallest absolute Gasteiger partial charge is 0.189 e. The molecule has 0 aliphatic carbocycles. The van der Waals surface area contributed by atoms with Crippen LogP contribution in [0.1, 0.15) is 12.8 Å². The van der Waals surface area contributed by atoms with Crippen LogP contribution in [-0.2, 0) is 0 Å². The molecule has 0 saturated carbocycles. The molecule has 0 radical (unpaired) electrons. The lowest BCUT2D eigenvalue weighted by atomic mass is 10.2. The van der Waals surface area contributed by atoms with Gasteiger partial charge in [-0.1, -0.05) is 0 Å². The first-order valence-electron chi connectivity index (χ1n) is 5.71. The highest BCUT2D eigenvalue weighted by Gasteiger charge is 2.12. The zero-order valence-corrected chi connectivity index (χ0v) is 9.07. The minimum absolute atomic E-state index is 0.0924. The van der Waals surface area contributed by atoms with Gasteiger partial charge in [0.2, 0.25) is 0 Å². The van der Waals surface area contributed by atoms with Gasteiger partial charge in [-0.05, 0) is 31.0 Å². The van der Waals surface area contributed by atoms with Crippen LogP contribution < -0.4 is 10.3 Å². The van der Waals surface area contributed by atoms with Gasteiger partial charge in [0.1, 0.15) is 0 Å². The molecule has 1 aromatic heterocycles. The highest BCUT2D eigenvalue weighted by molar-refractivity contribution is 5.82. The first-order chi connectivity index (χ1) is 7.84. The highest BCUT2D eigenvalue weighted by atomic mass is 16.1. The Bertz CT molecular complexity index is 567. The van der Waals surface area contributed by atoms with E-state index < -0.39 is 0 Å². The third-order valence-electron chi connectivity index (χ3n) is 3.21. The van der Waals surface area contributed by atoms with Gasteiger partial charge in [-0.25, -0.2) is 0 Å². The Balaban J connectivity index is 2.14. The van der Waals surface area contributed by atoms with Gasteiger partial charge < -0.3 is 9.88 Å². The molecule has 2 heterocycles. The number of aromatic amines is 1. The van der Waals surface area contributed by atoms with E-state index in [1.54, 1.807) is 12.3 Å². The molecule has 1 saturated heterocycles. The van der Waals surface area contributed by atoms with Gasteiger partial charge in [-0.2, -0.15) is 0 Å². The van der Waals surface area contributed by atoms with Crippen molar-refractivity contribution < 1.29 is 0 Å². The fourth-order valence-corrected chi connectivity index (χ4v) is 2.33. The number of rotatable bonds is 1. The second-order valence-corrected chi connectivity index (χ2v) is 4.27. The number of benzene rings is 1. The zero-order chi connectivity index (χ0) is 11.0. The van der Waals surface area contributed by atoms with Crippen LogP contribution in [0.4, 0.5) is 5.69 Å². The van der Waals surface area contributed by atoms with Gasteiger partial charge in [0.25, 0.3) is 0 Å². The Morgan fingerprint density at radius 1 is 1.12 bits per heavy atom. The first kappa shape index (κ1) is 9.46. The number of anilines is 1. The summed E-state index contributed by atoms with van der Waals surface area (Å²) in [5.74, 6) is 0. The monoisotopic (exact) mass is 214 g/mol. The van der Waals surface area contributed by atoms with E-state index in [0.29, 0.717) is 0 Å². The molecule has 0 bridgehead atoms. The maximum Gasteiger partial charge on any atom is 0.189 e. The van der Waals surface area contributed by atoms with Crippen molar-refractivity contribution in [2.45, 2.75) is 12.8 Å². The fourth-order valence-electron chi connectivity index (χ4n) is 2.33. The molecule has 16 heavy (non-hydrogen) atoms. The van der Waals surface area contributed by atoms with Crippen LogP contribution in [0.5, 0.6) is 0 Å². The van der Waals surface area contributed by atoms with Crippen LogP contribution >= 0.6 is 0 Å². The van der Waals surface area contributed by atoms with Crippen LogP contribution in [0.15, 0.2) is 35.3 Å². The summed E-state index contributed by atoms with van der Waals surface area (Å²) in [5, 5.41) is 0.784. The van der Waals surface area contributed by atoms with Gasteiger partial charge in [0.15, 0.2) is 5.43 Å². The molecule has 1 aromatic carbocycles. The standard InChI is InChI=1S/C13H14N2O/c16-13-5-6-14-12-4-3-10(9-11(12)13)15-7-1-2-8-15/h3-6,9H,1-2,7-8H2,(H,14,16). The molecule has 1 fully saturated rings. The SMILES string of the molecule is O=c1cc[nH]c2ccc(N3CCCC3)cc12. The van der Waals surface area contributed by atoms with Crippen molar-refractivity contribution in [3.05, 3.63) is 40.7 Å². The van der Waals surface area contributed by atoms with E-state index in [9.17, 15) is 4.79 Å². The van der Waals surface area contributed by atoms with E-state index >= 15 is 0 Å². The zero-order valence-electron chi connectivity index (χ0n) is 9.07. The highest BCUT2D eigenvalue weighted by Crippen LogP contribution is 2.22. The lowest BCUT2D eigenvalue weighted by Gasteiger charge is -2.17. The predicted molar refractivity (Wildman–Crippen MR) is 66.0 cm³/mol. The molecule has 2 aromatic rings. The molecule has 1 N–H and O–H groups in total. The Kier molecular flexibility index (Phi) is 2.17. The van der Waals surface area contributed by atoms with Gasteiger partial charge in [0, 0.05) is 41.9 Å². The molecule has 1 aliphatic heterocycles. The lowest BCUT2D eigenvalue weighted by Crippen LogP contribution is -2.17. The maximum atomic E-state index is 11.7. The van der Waals surface area contributed by atoms with Crippen LogP contribution in [0, 0.1) is 0 Å². The van der Waals surface area contributed by atoms with Crippen molar-refractivity contribution in [2.24, 2.45) is 0 Å². The van der Waals surface area contributed by atoms with Crippen molar-refractivity contribution in [1.29, 1.82) is 0 Å². The van der Waals surface area contributed by atoms with E-state index in [1.165, 1.54) is 18.5 Å². The molecule has 0 amide bonds. The molecule has 0 unspecified atom stereocenters. The minimum atomic E-state index is 0.0924. The number of hydrogen-bond acceptors (Lipinski definition) is 2. The van der Waals surface area contributed by atoms with E-state index in [0.717, 1.165) is 24.0 Å². The number of nitrogens with one attached hydrogen (secondary N) is 1. The molecule has 82 valence electrons. The van der Waals surface area contributed by atoms with Crippen molar-refractivity contribution in [3.63, 3.8) is 0 Å². The molecule has 3 heteroatoms. The quantitative estimate of drug-likeness (QED) is 0.789. The maximum absolute atomic E-state index is 11.7. The average Bonchev–Trinajstić information content (AvgIpc) is 2.83. The predicted octanol–water partition coefficient (Wildman–Crippen LogP) is 2.13. The van der Waals surface area contributed by atoms with Crippen molar-refractivity contribution in [3.8, 4) is 0 Å². The van der Waals surface area contributed by atoms with Crippen molar-refractivity contribution in [2.75, 3.05) is 18.0 Å². The summed E-state index contributed by atoms with van der Waals surface area (Å²) in [7, 11) is 0. The number of pyridine rings is 1. The average molecular weight is 214 g/mol. The molecular weight excluding hydrogens is 200 g/mol. The van der Waals surface area contributed by atoms with Gasteiger partial charge in [-0.15, -0.1) is 0 Å². The number of fused-ring (bicyclic) bond motifs is 1. The van der Waals surface area contributed by atoms with Crippen LogP contribution in [0.2, 0.25) is 0 Å². The second-order valence-electron chi connectivity index (χ2n) is 4.27. The summed E-state index contributed by atoms with van der Waals surface area (Å²) >= 11 is 0. The van der Waals surface area contributed by atoms with Gasteiger partial charge >= 0.3 is 0 Å². The van der Waals surface area contributed by atoms with Crippen molar-refractivity contribution >= 4 is 16.6 Å². The number of hydrogen-bond donors (Lipinski definition) is 1. The summed E-state index contributed by atoms with van der Waals surface area (Å²) < 4.78 is 0. The normalized spacial score (nSPS) is 15.9. The van der Waals surface area contributed by atoms with Crippen LogP contribution in [0.3, 0.4) is 0 Å². The largest absolute Gasteiger partial charge is 0.372 e. The third kappa shape index (κ3) is 1.48. The molecule has 3 rings (SSSR count). The van der Waals surface area contributed by atoms with E-state index in [1.807, 2.05) is 12.1 Å². The summed E-state index contributed by atoms with van der Waals surface area (Å²) in [6, 6.07) is 7.66. The summed E-state index contributed by atoms with van der Waals surface area (Å²) in [6.07, 6.45) is 4.20. The summed E-state index contributed by atoms with van der Waals surface area (Å²) in [4.78, 5) is 17.1. The molecular formula is C13H14N2O. The number of H-pyrrole nitrogens is 1. The van der Waals surface area contributed by atoms with Crippen LogP contribution in [0.25, 0.3) is 10.9 Å². The topological polar surface area (TPSA) is 36.1 Å². The second kappa shape index (κ2) is 3.67. The van der Waals surface area contributed by atoms with E-state index in [2.05, 4.69) is 16.0 Å². The van der Waals surface area contributed by atoms with E-state index in [4.69, 9.17) is 0 Å². The van der Waals surface area contributed by atoms with Crippen molar-refractivity contribution in [1.82, 2.24) is 4.98 Å². The first-order valence-corrected chi connectivity index (χ1v) is 5.71. The number of aromatic nitrogens is 1. The molecule has 3 nitrogen and oxygen atoms in total. The van der Waals surface area contributed by atoms with E-state index in [-0.39, 0.29) is 5.43 Å². The Morgan fingerprint density at radius 3 is 2.75 bits per heavy atom. The Hall–Kier alpha value is -1.77. The lowest BCUT2D eigenvalue weighted by molar-refractivity contribution is 0.949. The van der Waals surface area contributed by atoms with Gasteiger partial charge in [0.05, 0.1) is 0 Å². The fraction of sp³-hybridized carbons (Fsp3) is 0.308.